The Labute approximate surface area is 158 Å². The van der Waals surface area contributed by atoms with Gasteiger partial charge in [0.25, 0.3) is 0 Å². The zero-order valence-corrected chi connectivity index (χ0v) is 16.0. The summed E-state index contributed by atoms with van der Waals surface area (Å²) in [6, 6.07) is 11.2. The predicted molar refractivity (Wildman–Crippen MR) is 100 cm³/mol. The molecule has 142 valence electrons. The molecule has 0 aromatic heterocycles. The Kier molecular flexibility index (Phi) is 4.20. The molecule has 8 heteroatoms. The van der Waals surface area contributed by atoms with E-state index in [2.05, 4.69) is 0 Å². The van der Waals surface area contributed by atoms with Crippen LogP contribution in [0.15, 0.2) is 47.4 Å². The largest absolute Gasteiger partial charge is 0.332 e. The minimum Gasteiger partial charge on any atom is -0.332 e. The third-order valence-electron chi connectivity index (χ3n) is 5.56. The normalized spacial score (nSPS) is 24.4. The van der Waals surface area contributed by atoms with Crippen LogP contribution in [0, 0.1) is 0 Å². The maximum absolute atomic E-state index is 13.3. The molecule has 0 spiro atoms. The summed E-state index contributed by atoms with van der Waals surface area (Å²) in [5.41, 5.74) is 0. The maximum Gasteiger partial charge on any atom is 0.247 e. The molecule has 2 aromatic rings. The van der Waals surface area contributed by atoms with E-state index in [1.807, 2.05) is 18.2 Å². The first kappa shape index (κ1) is 17.9. The minimum absolute atomic E-state index is 0.0206. The SMILES string of the molecule is C[C@H]1C(=O)N2CCN(S(=O)(=O)c3cccc4ccccc34)C[C@@H]2C(=O)N1C. The van der Waals surface area contributed by atoms with Crippen LogP contribution in [0.3, 0.4) is 0 Å². The number of carbonyl (C=O) groups is 2. The van der Waals surface area contributed by atoms with Gasteiger partial charge in [0.1, 0.15) is 12.1 Å². The van der Waals surface area contributed by atoms with Crippen LogP contribution in [-0.2, 0) is 19.6 Å². The first-order valence-corrected chi connectivity index (χ1v) is 10.3. The summed E-state index contributed by atoms with van der Waals surface area (Å²) >= 11 is 0. The molecule has 0 N–H and O–H groups in total. The average molecular weight is 387 g/mol. The molecule has 2 saturated heterocycles. The van der Waals surface area contributed by atoms with Gasteiger partial charge in [0.05, 0.1) is 4.90 Å². The summed E-state index contributed by atoms with van der Waals surface area (Å²) in [6.45, 7) is 2.07. The van der Waals surface area contributed by atoms with Gasteiger partial charge in [0, 0.05) is 32.1 Å². The minimum atomic E-state index is -3.79. The van der Waals surface area contributed by atoms with Crippen LogP contribution in [-0.4, -0.2) is 73.1 Å². The van der Waals surface area contributed by atoms with Gasteiger partial charge in [0.15, 0.2) is 0 Å². The molecule has 2 aliphatic rings. The first-order valence-electron chi connectivity index (χ1n) is 8.87. The van der Waals surface area contributed by atoms with Crippen molar-refractivity contribution in [1.29, 1.82) is 0 Å². The Morgan fingerprint density at radius 2 is 1.67 bits per heavy atom. The number of fused-ring (bicyclic) bond motifs is 2. The van der Waals surface area contributed by atoms with Crippen molar-refractivity contribution in [2.45, 2.75) is 23.9 Å². The zero-order valence-electron chi connectivity index (χ0n) is 15.2. The van der Waals surface area contributed by atoms with Crippen LogP contribution in [0.5, 0.6) is 0 Å². The fourth-order valence-corrected chi connectivity index (χ4v) is 5.49. The standard InChI is InChI=1S/C19H21N3O4S/c1-13-18(23)22-11-10-21(12-16(22)19(24)20(13)2)27(25,26)17-9-5-7-14-6-3-4-8-15(14)17/h3-9,13,16H,10-12H2,1-2H3/t13-,16+/m0/s1. The number of amides is 2. The van der Waals surface area contributed by atoms with Gasteiger partial charge in [-0.05, 0) is 18.4 Å². The quantitative estimate of drug-likeness (QED) is 0.767. The molecule has 0 bridgehead atoms. The molecule has 0 aliphatic carbocycles. The molecule has 0 unspecified atom stereocenters. The lowest BCUT2D eigenvalue weighted by molar-refractivity contribution is -0.161. The highest BCUT2D eigenvalue weighted by atomic mass is 32.2. The Hall–Kier alpha value is -2.45. The van der Waals surface area contributed by atoms with Crippen LogP contribution in [0.2, 0.25) is 0 Å². The summed E-state index contributed by atoms with van der Waals surface area (Å²) < 4.78 is 27.9. The van der Waals surface area contributed by atoms with Gasteiger partial charge in [-0.25, -0.2) is 8.42 Å². The number of likely N-dealkylation sites (N-methyl/N-ethyl adjacent to an activating group) is 1. The molecule has 4 rings (SSSR count). The lowest BCUT2D eigenvalue weighted by atomic mass is 10.0. The van der Waals surface area contributed by atoms with Crippen LogP contribution in [0.4, 0.5) is 0 Å². The van der Waals surface area contributed by atoms with E-state index in [0.717, 1.165) is 5.39 Å². The van der Waals surface area contributed by atoms with Crippen LogP contribution < -0.4 is 0 Å². The zero-order chi connectivity index (χ0) is 19.3. The lowest BCUT2D eigenvalue weighted by Crippen LogP contribution is -2.69. The summed E-state index contributed by atoms with van der Waals surface area (Å²) in [5.74, 6) is -0.357. The fourth-order valence-electron chi connectivity index (χ4n) is 3.84. The second kappa shape index (κ2) is 6.31. The topological polar surface area (TPSA) is 78.0 Å². The summed E-state index contributed by atoms with van der Waals surface area (Å²) in [6.07, 6.45) is 0. The van der Waals surface area contributed by atoms with E-state index < -0.39 is 22.1 Å². The van der Waals surface area contributed by atoms with Crippen molar-refractivity contribution in [1.82, 2.24) is 14.1 Å². The number of rotatable bonds is 2. The third kappa shape index (κ3) is 2.71. The van der Waals surface area contributed by atoms with E-state index in [1.54, 1.807) is 38.2 Å². The second-order valence-electron chi connectivity index (χ2n) is 7.01. The van der Waals surface area contributed by atoms with Crippen LogP contribution >= 0.6 is 0 Å². The summed E-state index contributed by atoms with van der Waals surface area (Å²) in [5, 5.41) is 1.49. The Bertz CT molecular complexity index is 1030. The number of hydrogen-bond donors (Lipinski definition) is 0. The molecule has 7 nitrogen and oxygen atoms in total. The fraction of sp³-hybridized carbons (Fsp3) is 0.368. The van der Waals surface area contributed by atoms with Gasteiger partial charge >= 0.3 is 0 Å². The van der Waals surface area contributed by atoms with Gasteiger partial charge in [-0.15, -0.1) is 0 Å². The van der Waals surface area contributed by atoms with Crippen molar-refractivity contribution < 1.29 is 18.0 Å². The monoisotopic (exact) mass is 387 g/mol. The van der Waals surface area contributed by atoms with Crippen molar-refractivity contribution in [3.8, 4) is 0 Å². The van der Waals surface area contributed by atoms with Gasteiger partial charge in [-0.1, -0.05) is 36.4 Å². The smallest absolute Gasteiger partial charge is 0.247 e. The number of nitrogens with zero attached hydrogens (tertiary/aromatic N) is 3. The molecule has 2 aliphatic heterocycles. The van der Waals surface area contributed by atoms with Crippen molar-refractivity contribution in [2.24, 2.45) is 0 Å². The van der Waals surface area contributed by atoms with Crippen molar-refractivity contribution in [3.05, 3.63) is 42.5 Å². The highest BCUT2D eigenvalue weighted by molar-refractivity contribution is 7.89. The van der Waals surface area contributed by atoms with Gasteiger partial charge in [-0.2, -0.15) is 4.31 Å². The van der Waals surface area contributed by atoms with Crippen molar-refractivity contribution in [2.75, 3.05) is 26.7 Å². The van der Waals surface area contributed by atoms with E-state index in [9.17, 15) is 18.0 Å². The molecular formula is C19H21N3O4S. The Balaban J connectivity index is 1.70. The van der Waals surface area contributed by atoms with E-state index in [1.165, 1.54) is 14.1 Å². The lowest BCUT2D eigenvalue weighted by Gasteiger charge is -2.47. The second-order valence-corrected chi connectivity index (χ2v) is 8.92. The highest BCUT2D eigenvalue weighted by Crippen LogP contribution is 2.29. The number of sulfonamides is 1. The average Bonchev–Trinajstić information content (AvgIpc) is 2.69. The van der Waals surface area contributed by atoms with Crippen molar-refractivity contribution in [3.63, 3.8) is 0 Å². The van der Waals surface area contributed by atoms with Crippen LogP contribution in [0.1, 0.15) is 6.92 Å². The summed E-state index contributed by atoms with van der Waals surface area (Å²) in [4.78, 5) is 28.3. The highest BCUT2D eigenvalue weighted by Gasteiger charge is 2.47. The van der Waals surface area contributed by atoms with E-state index in [0.29, 0.717) is 5.39 Å². The molecule has 2 heterocycles. The number of piperazine rings is 2. The number of hydrogen-bond acceptors (Lipinski definition) is 4. The molecule has 0 saturated carbocycles. The molecular weight excluding hydrogens is 366 g/mol. The molecule has 2 aromatic carbocycles. The molecule has 2 fully saturated rings. The van der Waals surface area contributed by atoms with Gasteiger partial charge in [-0.3, -0.25) is 9.59 Å². The maximum atomic E-state index is 13.3. The first-order chi connectivity index (χ1) is 12.8. The number of carbonyl (C=O) groups excluding carboxylic acids is 2. The summed E-state index contributed by atoms with van der Waals surface area (Å²) in [7, 11) is -2.20. The molecule has 2 atom stereocenters. The van der Waals surface area contributed by atoms with E-state index in [-0.39, 0.29) is 36.3 Å². The Morgan fingerprint density at radius 1 is 0.963 bits per heavy atom. The third-order valence-corrected chi connectivity index (χ3v) is 7.49. The van der Waals surface area contributed by atoms with Crippen LogP contribution in [0.25, 0.3) is 10.8 Å². The molecule has 27 heavy (non-hydrogen) atoms. The Morgan fingerprint density at radius 3 is 2.44 bits per heavy atom. The van der Waals surface area contributed by atoms with Gasteiger partial charge in [0.2, 0.25) is 21.8 Å². The van der Waals surface area contributed by atoms with Gasteiger partial charge < -0.3 is 9.80 Å². The van der Waals surface area contributed by atoms with E-state index >= 15 is 0 Å². The van der Waals surface area contributed by atoms with Crippen molar-refractivity contribution >= 4 is 32.6 Å². The number of benzene rings is 2. The van der Waals surface area contributed by atoms with E-state index in [4.69, 9.17) is 0 Å². The predicted octanol–water partition coefficient (Wildman–Crippen LogP) is 0.902. The molecule has 0 radical (unpaired) electrons. The molecule has 2 amide bonds.